The number of benzene rings is 2. The van der Waals surface area contributed by atoms with Crippen LogP contribution in [0.5, 0.6) is 0 Å². The van der Waals surface area contributed by atoms with Gasteiger partial charge >= 0.3 is 6.18 Å². The fraction of sp³-hybridized carbons (Fsp3) is 0.333. The van der Waals surface area contributed by atoms with Gasteiger partial charge in [-0.25, -0.2) is 4.68 Å². The molecule has 0 saturated carbocycles. The molecule has 168 valence electrons. The van der Waals surface area contributed by atoms with Crippen LogP contribution < -0.4 is 5.32 Å². The van der Waals surface area contributed by atoms with Crippen LogP contribution in [-0.4, -0.2) is 39.7 Å². The van der Waals surface area contributed by atoms with Crippen molar-refractivity contribution >= 4 is 11.6 Å². The molecule has 0 spiro atoms. The number of rotatable bonds is 5. The number of carbonyl (C=O) groups excluding carboxylic acids is 1. The second-order valence-electron chi connectivity index (χ2n) is 8.12. The molecule has 1 amide bonds. The maximum Gasteiger partial charge on any atom is 0.416 e. The molecule has 0 bridgehead atoms. The van der Waals surface area contributed by atoms with Crippen molar-refractivity contribution in [3.8, 4) is 5.69 Å². The van der Waals surface area contributed by atoms with Gasteiger partial charge in [-0.1, -0.05) is 24.3 Å². The number of nitrogens with one attached hydrogen (secondary N) is 1. The number of hydrogen-bond donors (Lipinski definition) is 1. The van der Waals surface area contributed by atoms with E-state index in [4.69, 9.17) is 0 Å². The van der Waals surface area contributed by atoms with Gasteiger partial charge in [-0.05, 0) is 50.6 Å². The minimum absolute atomic E-state index is 0.00264. The Balaban J connectivity index is 1.46. The lowest BCUT2D eigenvalue weighted by Gasteiger charge is -2.18. The predicted octanol–water partition coefficient (Wildman–Crippen LogP) is 4.76. The first kappa shape index (κ1) is 21.9. The van der Waals surface area contributed by atoms with Crippen LogP contribution in [0.4, 0.5) is 18.9 Å². The van der Waals surface area contributed by atoms with Gasteiger partial charge < -0.3 is 10.2 Å². The molecule has 1 atom stereocenters. The van der Waals surface area contributed by atoms with Crippen LogP contribution in [0, 0.1) is 13.8 Å². The van der Waals surface area contributed by atoms with Gasteiger partial charge in [0, 0.05) is 36.1 Å². The van der Waals surface area contributed by atoms with E-state index in [-0.39, 0.29) is 18.4 Å². The van der Waals surface area contributed by atoms with E-state index < -0.39 is 11.7 Å². The maximum absolute atomic E-state index is 13.1. The van der Waals surface area contributed by atoms with Crippen LogP contribution in [-0.2, 0) is 17.4 Å². The van der Waals surface area contributed by atoms with E-state index in [1.807, 2.05) is 35.2 Å². The topological polar surface area (TPSA) is 50.2 Å². The van der Waals surface area contributed by atoms with Crippen molar-refractivity contribution in [3.05, 3.63) is 77.1 Å². The molecule has 0 aliphatic carbocycles. The zero-order chi connectivity index (χ0) is 22.9. The first-order valence-electron chi connectivity index (χ1n) is 10.5. The molecule has 5 nitrogen and oxygen atoms in total. The zero-order valence-electron chi connectivity index (χ0n) is 18.0. The molecule has 1 N–H and O–H groups in total. The van der Waals surface area contributed by atoms with Crippen LogP contribution in [0.15, 0.2) is 54.6 Å². The van der Waals surface area contributed by atoms with Gasteiger partial charge in [0.05, 0.1) is 23.4 Å². The van der Waals surface area contributed by atoms with Gasteiger partial charge in [0.2, 0.25) is 5.91 Å². The number of halogens is 3. The summed E-state index contributed by atoms with van der Waals surface area (Å²) < 4.78 is 40.8. The quantitative estimate of drug-likeness (QED) is 0.620. The smallest absolute Gasteiger partial charge is 0.380 e. The van der Waals surface area contributed by atoms with Gasteiger partial charge in [0.25, 0.3) is 0 Å². The molecule has 1 aliphatic heterocycles. The molecule has 1 saturated heterocycles. The van der Waals surface area contributed by atoms with Gasteiger partial charge in [-0.15, -0.1) is 0 Å². The van der Waals surface area contributed by atoms with Crippen LogP contribution in [0.2, 0.25) is 0 Å². The van der Waals surface area contributed by atoms with Crippen molar-refractivity contribution < 1.29 is 18.0 Å². The fourth-order valence-electron chi connectivity index (χ4n) is 4.13. The summed E-state index contributed by atoms with van der Waals surface area (Å²) in [7, 11) is 0. The van der Waals surface area contributed by atoms with E-state index in [2.05, 4.69) is 10.4 Å². The average Bonchev–Trinajstić information content (AvgIpc) is 3.34. The number of hydrogen-bond acceptors (Lipinski definition) is 3. The van der Waals surface area contributed by atoms with Crippen LogP contribution >= 0.6 is 0 Å². The number of carbonyl (C=O) groups is 1. The highest BCUT2D eigenvalue weighted by Gasteiger charge is 2.31. The number of alkyl halides is 3. The third-order valence-corrected chi connectivity index (χ3v) is 5.87. The number of nitrogens with zero attached hydrogens (tertiary/aromatic N) is 3. The third-order valence-electron chi connectivity index (χ3n) is 5.87. The number of anilines is 1. The maximum atomic E-state index is 13.1. The normalized spacial score (nSPS) is 16.4. The molecule has 2 aromatic carbocycles. The van der Waals surface area contributed by atoms with Crippen molar-refractivity contribution in [2.45, 2.75) is 38.9 Å². The van der Waals surface area contributed by atoms with Gasteiger partial charge in [0.15, 0.2) is 0 Å². The van der Waals surface area contributed by atoms with E-state index in [1.165, 1.54) is 10.7 Å². The summed E-state index contributed by atoms with van der Waals surface area (Å²) in [5, 5.41) is 7.87. The Kier molecular flexibility index (Phi) is 5.95. The molecule has 1 unspecified atom stereocenters. The summed E-state index contributed by atoms with van der Waals surface area (Å²) in [6.45, 7) is 4.85. The van der Waals surface area contributed by atoms with Crippen LogP contribution in [0.1, 0.15) is 28.9 Å². The van der Waals surface area contributed by atoms with Crippen molar-refractivity contribution in [2.24, 2.45) is 0 Å². The van der Waals surface area contributed by atoms with Crippen molar-refractivity contribution in [3.63, 3.8) is 0 Å². The second kappa shape index (κ2) is 8.68. The average molecular weight is 442 g/mol. The minimum Gasteiger partial charge on any atom is -0.380 e. The van der Waals surface area contributed by atoms with Gasteiger partial charge in [0.1, 0.15) is 0 Å². The first-order chi connectivity index (χ1) is 15.2. The summed E-state index contributed by atoms with van der Waals surface area (Å²) in [6, 6.07) is 15.1. The zero-order valence-corrected chi connectivity index (χ0v) is 18.0. The van der Waals surface area contributed by atoms with Crippen molar-refractivity contribution in [1.29, 1.82) is 0 Å². The van der Waals surface area contributed by atoms with E-state index in [1.54, 1.807) is 19.9 Å². The molecule has 1 aromatic heterocycles. The van der Waals surface area contributed by atoms with Crippen molar-refractivity contribution in [1.82, 2.24) is 14.7 Å². The van der Waals surface area contributed by atoms with Gasteiger partial charge in [-0.2, -0.15) is 18.3 Å². The lowest BCUT2D eigenvalue weighted by molar-refractivity contribution is -0.137. The minimum atomic E-state index is -4.43. The van der Waals surface area contributed by atoms with Crippen molar-refractivity contribution in [2.75, 3.05) is 18.4 Å². The lowest BCUT2D eigenvalue weighted by Crippen LogP contribution is -2.32. The standard InChI is InChI=1S/C24H25F3N4O/c1-16-22(17(2)31(29-16)21-10-6-7-18(13-21)24(25,26)27)14-23(32)30-12-11-20(15-30)28-19-8-4-3-5-9-19/h3-10,13,20,28H,11-12,14-15H2,1-2H3. The Labute approximate surface area is 184 Å². The Morgan fingerprint density at radius 3 is 2.59 bits per heavy atom. The Morgan fingerprint density at radius 2 is 1.88 bits per heavy atom. The molecular weight excluding hydrogens is 417 g/mol. The fourth-order valence-corrected chi connectivity index (χ4v) is 4.13. The first-order valence-corrected chi connectivity index (χ1v) is 10.5. The Hall–Kier alpha value is -3.29. The summed E-state index contributed by atoms with van der Waals surface area (Å²) in [4.78, 5) is 14.8. The molecule has 8 heteroatoms. The number of amides is 1. The third kappa shape index (κ3) is 4.64. The summed E-state index contributed by atoms with van der Waals surface area (Å²) >= 11 is 0. The van der Waals surface area contributed by atoms with Crippen LogP contribution in [0.25, 0.3) is 5.69 Å². The Bertz CT molecular complexity index is 1110. The second-order valence-corrected chi connectivity index (χ2v) is 8.12. The predicted molar refractivity (Wildman–Crippen MR) is 117 cm³/mol. The molecule has 3 aromatic rings. The Morgan fingerprint density at radius 1 is 1.12 bits per heavy atom. The monoisotopic (exact) mass is 442 g/mol. The highest BCUT2D eigenvalue weighted by molar-refractivity contribution is 5.79. The molecule has 1 aliphatic rings. The van der Waals surface area contributed by atoms with E-state index in [0.29, 0.717) is 30.2 Å². The highest BCUT2D eigenvalue weighted by atomic mass is 19.4. The SMILES string of the molecule is Cc1nn(-c2cccc(C(F)(F)F)c2)c(C)c1CC(=O)N1CCC(Nc2ccccc2)C1. The van der Waals surface area contributed by atoms with E-state index in [0.717, 1.165) is 29.8 Å². The largest absolute Gasteiger partial charge is 0.416 e. The molecule has 0 radical (unpaired) electrons. The molecule has 1 fully saturated rings. The summed E-state index contributed by atoms with van der Waals surface area (Å²) in [5.74, 6) is -0.00264. The van der Waals surface area contributed by atoms with E-state index in [9.17, 15) is 18.0 Å². The highest BCUT2D eigenvalue weighted by Crippen LogP contribution is 2.31. The van der Waals surface area contributed by atoms with Gasteiger partial charge in [-0.3, -0.25) is 4.79 Å². The molecule has 2 heterocycles. The molecule has 32 heavy (non-hydrogen) atoms. The number of aromatic nitrogens is 2. The molecule has 4 rings (SSSR count). The number of para-hydroxylation sites is 1. The van der Waals surface area contributed by atoms with Crippen LogP contribution in [0.3, 0.4) is 0 Å². The van der Waals surface area contributed by atoms with E-state index >= 15 is 0 Å². The number of likely N-dealkylation sites (tertiary alicyclic amines) is 1. The molecular formula is C24H25F3N4O. The summed E-state index contributed by atoms with van der Waals surface area (Å²) in [6.07, 6.45) is -3.39. The number of aryl methyl sites for hydroxylation is 1. The lowest BCUT2D eigenvalue weighted by atomic mass is 10.1. The summed E-state index contributed by atoms with van der Waals surface area (Å²) in [5.41, 5.74) is 2.70.